The molecule has 0 heterocycles. The first kappa shape index (κ1) is 13.8. The average molecular weight is 308 g/mol. The number of nitrogens with one attached hydrogen (secondary N) is 1. The van der Waals surface area contributed by atoms with Gasteiger partial charge in [-0.05, 0) is 57.2 Å². The van der Waals surface area contributed by atoms with Crippen molar-refractivity contribution >= 4 is 15.9 Å². The Morgan fingerprint density at radius 1 is 1.22 bits per heavy atom. The quantitative estimate of drug-likeness (QED) is 0.791. The van der Waals surface area contributed by atoms with Crippen molar-refractivity contribution in [2.45, 2.75) is 44.6 Å². The van der Waals surface area contributed by atoms with Crippen LogP contribution in [0.3, 0.4) is 0 Å². The minimum absolute atomic E-state index is 0.549. The number of halogens is 1. The highest BCUT2D eigenvalue weighted by atomic mass is 79.9. The van der Waals surface area contributed by atoms with E-state index in [1.807, 2.05) is 0 Å². The third kappa shape index (κ3) is 3.96. The van der Waals surface area contributed by atoms with E-state index in [0.717, 1.165) is 6.42 Å². The minimum atomic E-state index is 0.549. The summed E-state index contributed by atoms with van der Waals surface area (Å²) in [6, 6.07) is 9.08. The summed E-state index contributed by atoms with van der Waals surface area (Å²) in [4.78, 5) is 0. The molecule has 0 bridgehead atoms. The zero-order chi connectivity index (χ0) is 12.8. The molecule has 0 saturated heterocycles. The fraction of sp³-hybridized carbons (Fsp3) is 0.500. The van der Waals surface area contributed by atoms with Gasteiger partial charge < -0.3 is 5.32 Å². The lowest BCUT2D eigenvalue weighted by Gasteiger charge is -2.21. The smallest absolute Gasteiger partial charge is 0.0207 e. The summed E-state index contributed by atoms with van der Waals surface area (Å²) in [5, 5.41) is 3.46. The van der Waals surface area contributed by atoms with Crippen molar-refractivity contribution in [3.8, 4) is 0 Å². The van der Waals surface area contributed by atoms with Crippen LogP contribution in [-0.4, -0.2) is 13.1 Å². The molecule has 0 saturated carbocycles. The molecule has 2 heteroatoms. The Balaban J connectivity index is 1.97. The fourth-order valence-electron chi connectivity index (χ4n) is 2.61. The minimum Gasteiger partial charge on any atom is -0.316 e. The second-order valence-corrected chi connectivity index (χ2v) is 5.95. The van der Waals surface area contributed by atoms with E-state index in [0.29, 0.717) is 6.04 Å². The third-order valence-electron chi connectivity index (χ3n) is 3.73. The van der Waals surface area contributed by atoms with Gasteiger partial charge in [-0.1, -0.05) is 45.8 Å². The van der Waals surface area contributed by atoms with Crippen LogP contribution in [0, 0.1) is 0 Å². The summed E-state index contributed by atoms with van der Waals surface area (Å²) in [5.41, 5.74) is 3.04. The van der Waals surface area contributed by atoms with Gasteiger partial charge in [-0.3, -0.25) is 0 Å². The summed E-state index contributed by atoms with van der Waals surface area (Å²) < 4.78 is 1.22. The monoisotopic (exact) mass is 307 g/mol. The molecule has 1 unspecified atom stereocenters. The van der Waals surface area contributed by atoms with Crippen molar-refractivity contribution in [2.24, 2.45) is 0 Å². The largest absolute Gasteiger partial charge is 0.316 e. The number of rotatable bonds is 5. The van der Waals surface area contributed by atoms with Gasteiger partial charge in [-0.15, -0.1) is 0 Å². The lowest BCUT2D eigenvalue weighted by atomic mass is 9.92. The Bertz CT molecular complexity index is 411. The Morgan fingerprint density at radius 3 is 2.72 bits per heavy atom. The molecule has 98 valence electrons. The Labute approximate surface area is 119 Å². The van der Waals surface area contributed by atoms with E-state index in [4.69, 9.17) is 0 Å². The molecule has 0 fully saturated rings. The molecule has 1 aromatic carbocycles. The first-order valence-corrected chi connectivity index (χ1v) is 7.67. The number of hydrogen-bond donors (Lipinski definition) is 1. The van der Waals surface area contributed by atoms with Crippen molar-refractivity contribution in [1.82, 2.24) is 5.32 Å². The van der Waals surface area contributed by atoms with Crippen molar-refractivity contribution in [3.05, 3.63) is 46.0 Å². The first-order valence-electron chi connectivity index (χ1n) is 6.88. The highest BCUT2D eigenvalue weighted by Gasteiger charge is 2.13. The van der Waals surface area contributed by atoms with Crippen LogP contribution in [0.5, 0.6) is 0 Å². The molecule has 1 aromatic rings. The van der Waals surface area contributed by atoms with Gasteiger partial charge in [-0.25, -0.2) is 0 Å². The van der Waals surface area contributed by atoms with Crippen molar-refractivity contribution < 1.29 is 0 Å². The van der Waals surface area contributed by atoms with E-state index in [2.05, 4.69) is 58.6 Å². The predicted octanol–water partition coefficient (Wildman–Crippen LogP) is 4.47. The first-order chi connectivity index (χ1) is 8.79. The normalized spacial score (nSPS) is 17.3. The standard InChI is InChI=1S/C16H22BrN/c1-18-15(11-13-7-3-2-4-8-13)12-14-9-5-6-10-16(14)17/h5-7,9-10,15,18H,2-4,8,11-12H2,1H3. The van der Waals surface area contributed by atoms with Gasteiger partial charge >= 0.3 is 0 Å². The van der Waals surface area contributed by atoms with E-state index in [9.17, 15) is 0 Å². The summed E-state index contributed by atoms with van der Waals surface area (Å²) >= 11 is 3.64. The zero-order valence-corrected chi connectivity index (χ0v) is 12.7. The summed E-state index contributed by atoms with van der Waals surface area (Å²) in [5.74, 6) is 0. The van der Waals surface area contributed by atoms with Crippen LogP contribution in [0.2, 0.25) is 0 Å². The van der Waals surface area contributed by atoms with E-state index >= 15 is 0 Å². The number of allylic oxidation sites excluding steroid dienone is 1. The van der Waals surface area contributed by atoms with Gasteiger partial charge in [0.2, 0.25) is 0 Å². The second kappa shape index (κ2) is 7.10. The lowest BCUT2D eigenvalue weighted by molar-refractivity contribution is 0.532. The predicted molar refractivity (Wildman–Crippen MR) is 81.9 cm³/mol. The maximum Gasteiger partial charge on any atom is 0.0207 e. The van der Waals surface area contributed by atoms with Gasteiger partial charge in [0, 0.05) is 10.5 Å². The molecular weight excluding hydrogens is 286 g/mol. The molecule has 1 N–H and O–H groups in total. The SMILES string of the molecule is CNC(CC1=CCCCC1)Cc1ccccc1Br. The van der Waals surface area contributed by atoms with E-state index in [1.54, 1.807) is 5.57 Å². The molecule has 1 aliphatic carbocycles. The third-order valence-corrected chi connectivity index (χ3v) is 4.50. The van der Waals surface area contributed by atoms with Crippen LogP contribution in [0.1, 0.15) is 37.7 Å². The number of hydrogen-bond acceptors (Lipinski definition) is 1. The van der Waals surface area contributed by atoms with E-state index < -0.39 is 0 Å². The molecule has 0 radical (unpaired) electrons. The van der Waals surface area contributed by atoms with Gasteiger partial charge in [0.25, 0.3) is 0 Å². The highest BCUT2D eigenvalue weighted by Crippen LogP contribution is 2.24. The van der Waals surface area contributed by atoms with Crippen LogP contribution in [-0.2, 0) is 6.42 Å². The van der Waals surface area contributed by atoms with Gasteiger partial charge in [0.05, 0.1) is 0 Å². The van der Waals surface area contributed by atoms with Crippen LogP contribution < -0.4 is 5.32 Å². The molecule has 18 heavy (non-hydrogen) atoms. The lowest BCUT2D eigenvalue weighted by Crippen LogP contribution is -2.28. The Hall–Kier alpha value is -0.600. The van der Waals surface area contributed by atoms with Crippen LogP contribution >= 0.6 is 15.9 Å². The molecule has 1 atom stereocenters. The van der Waals surface area contributed by atoms with E-state index in [1.165, 1.54) is 42.1 Å². The van der Waals surface area contributed by atoms with E-state index in [-0.39, 0.29) is 0 Å². The molecule has 1 aliphatic rings. The maximum atomic E-state index is 3.64. The van der Waals surface area contributed by atoms with Crippen LogP contribution in [0.25, 0.3) is 0 Å². The molecular formula is C16H22BrN. The van der Waals surface area contributed by atoms with Gasteiger partial charge in [0.1, 0.15) is 0 Å². The maximum absolute atomic E-state index is 3.64. The van der Waals surface area contributed by atoms with Crippen molar-refractivity contribution in [1.29, 1.82) is 0 Å². The van der Waals surface area contributed by atoms with Crippen molar-refractivity contribution in [3.63, 3.8) is 0 Å². The topological polar surface area (TPSA) is 12.0 Å². The molecule has 0 amide bonds. The highest BCUT2D eigenvalue weighted by molar-refractivity contribution is 9.10. The number of benzene rings is 1. The van der Waals surface area contributed by atoms with Gasteiger partial charge in [-0.2, -0.15) is 0 Å². The zero-order valence-electron chi connectivity index (χ0n) is 11.1. The average Bonchev–Trinajstić information content (AvgIpc) is 2.41. The second-order valence-electron chi connectivity index (χ2n) is 5.09. The van der Waals surface area contributed by atoms with Gasteiger partial charge in [0.15, 0.2) is 0 Å². The molecule has 2 rings (SSSR count). The number of likely N-dealkylation sites (N-methyl/N-ethyl adjacent to an activating group) is 1. The molecule has 0 aromatic heterocycles. The molecule has 0 aliphatic heterocycles. The van der Waals surface area contributed by atoms with Crippen LogP contribution in [0.15, 0.2) is 40.4 Å². The van der Waals surface area contributed by atoms with Crippen molar-refractivity contribution in [2.75, 3.05) is 7.05 Å². The summed E-state index contributed by atoms with van der Waals surface area (Å²) in [7, 11) is 2.07. The fourth-order valence-corrected chi connectivity index (χ4v) is 3.06. The summed E-state index contributed by atoms with van der Waals surface area (Å²) in [6.07, 6.45) is 10.1. The molecule has 0 spiro atoms. The Kier molecular flexibility index (Phi) is 5.45. The summed E-state index contributed by atoms with van der Waals surface area (Å²) in [6.45, 7) is 0. The van der Waals surface area contributed by atoms with Crippen LogP contribution in [0.4, 0.5) is 0 Å². The molecule has 1 nitrogen and oxygen atoms in total. The Morgan fingerprint density at radius 2 is 2.06 bits per heavy atom.